The normalized spacial score (nSPS) is 29.2. The molecule has 26 heavy (non-hydrogen) atoms. The molecule has 146 valence electrons. The molecule has 0 radical (unpaired) electrons. The van der Waals surface area contributed by atoms with Crippen LogP contribution in [0.15, 0.2) is 12.2 Å². The molecule has 1 amide bonds. The van der Waals surface area contributed by atoms with Gasteiger partial charge in [0.2, 0.25) is 5.91 Å². The molecule has 8 nitrogen and oxygen atoms in total. The standard InChI is InChI=1S/C17H30BN3O5/c19-8-9-20-13-6-4-12(5-7-13)10-16(22)21-15-3-1-2-14(11-17(23)24)26-18(15)25/h1-2,12-15,20,25H,3-11,19H2,(H,21,22)(H,23,24)/t12?,13?,14-,15+/m1/s1. The summed E-state index contributed by atoms with van der Waals surface area (Å²) >= 11 is 0. The minimum absolute atomic E-state index is 0.0962. The van der Waals surface area contributed by atoms with Gasteiger partial charge >= 0.3 is 13.1 Å². The first kappa shape index (κ1) is 20.9. The molecule has 2 atom stereocenters. The van der Waals surface area contributed by atoms with Gasteiger partial charge < -0.3 is 31.2 Å². The second-order valence-corrected chi connectivity index (χ2v) is 7.17. The Bertz CT molecular complexity index is 497. The van der Waals surface area contributed by atoms with Gasteiger partial charge in [0.25, 0.3) is 0 Å². The number of carbonyl (C=O) groups is 2. The first-order valence-corrected chi connectivity index (χ1v) is 9.42. The number of amides is 1. The van der Waals surface area contributed by atoms with Gasteiger partial charge in [0.1, 0.15) is 0 Å². The molecule has 0 saturated heterocycles. The van der Waals surface area contributed by atoms with Gasteiger partial charge in [0, 0.05) is 25.6 Å². The van der Waals surface area contributed by atoms with Crippen LogP contribution in [0.4, 0.5) is 0 Å². The van der Waals surface area contributed by atoms with E-state index in [4.69, 9.17) is 15.5 Å². The summed E-state index contributed by atoms with van der Waals surface area (Å²) in [6, 6.07) is 0.492. The zero-order chi connectivity index (χ0) is 18.9. The second kappa shape index (κ2) is 10.7. The summed E-state index contributed by atoms with van der Waals surface area (Å²) in [4.78, 5) is 23.1. The van der Waals surface area contributed by atoms with Crippen molar-refractivity contribution in [2.24, 2.45) is 11.7 Å². The Balaban J connectivity index is 1.72. The molecule has 2 rings (SSSR count). The van der Waals surface area contributed by atoms with Gasteiger partial charge in [-0.05, 0) is 38.0 Å². The summed E-state index contributed by atoms with van der Waals surface area (Å²) in [5, 5.41) is 25.2. The van der Waals surface area contributed by atoms with Crippen molar-refractivity contribution >= 4 is 19.0 Å². The first-order valence-electron chi connectivity index (χ1n) is 9.42. The van der Waals surface area contributed by atoms with Gasteiger partial charge in [0.05, 0.1) is 18.5 Å². The number of carbonyl (C=O) groups excluding carboxylic acids is 1. The smallest absolute Gasteiger partial charge is 0.478 e. The molecule has 1 aliphatic carbocycles. The average Bonchev–Trinajstić information content (AvgIpc) is 2.75. The third-order valence-corrected chi connectivity index (χ3v) is 5.02. The molecule has 1 fully saturated rings. The molecular weight excluding hydrogens is 337 g/mol. The number of hydrogen-bond acceptors (Lipinski definition) is 6. The Morgan fingerprint density at radius 1 is 1.23 bits per heavy atom. The number of nitrogens with one attached hydrogen (secondary N) is 2. The topological polar surface area (TPSA) is 134 Å². The Morgan fingerprint density at radius 3 is 2.62 bits per heavy atom. The van der Waals surface area contributed by atoms with Gasteiger partial charge in [-0.25, -0.2) is 0 Å². The maximum atomic E-state index is 12.3. The highest BCUT2D eigenvalue weighted by Gasteiger charge is 2.33. The van der Waals surface area contributed by atoms with Gasteiger partial charge in [-0.3, -0.25) is 9.59 Å². The molecule has 9 heteroatoms. The number of aliphatic carboxylic acids is 1. The Hall–Kier alpha value is -1.42. The maximum absolute atomic E-state index is 12.3. The molecule has 1 heterocycles. The van der Waals surface area contributed by atoms with Crippen LogP contribution in [0.5, 0.6) is 0 Å². The molecular formula is C17H30BN3O5. The maximum Gasteiger partial charge on any atom is 0.478 e. The Labute approximate surface area is 154 Å². The molecule has 0 spiro atoms. The molecule has 0 aromatic heterocycles. The summed E-state index contributed by atoms with van der Waals surface area (Å²) in [5.41, 5.74) is 5.50. The lowest BCUT2D eigenvalue weighted by molar-refractivity contribution is -0.138. The van der Waals surface area contributed by atoms with Crippen LogP contribution in [0, 0.1) is 5.92 Å². The quantitative estimate of drug-likeness (QED) is 0.296. The van der Waals surface area contributed by atoms with Crippen LogP contribution >= 0.6 is 0 Å². The molecule has 0 unspecified atom stereocenters. The van der Waals surface area contributed by atoms with Crippen LogP contribution < -0.4 is 16.4 Å². The molecule has 2 aliphatic rings. The molecule has 6 N–H and O–H groups in total. The summed E-state index contributed by atoms with van der Waals surface area (Å²) in [6.45, 7) is 1.46. The minimum Gasteiger partial charge on any atom is -0.481 e. The van der Waals surface area contributed by atoms with E-state index in [1.165, 1.54) is 0 Å². The van der Waals surface area contributed by atoms with Crippen LogP contribution in [0.3, 0.4) is 0 Å². The number of hydrogen-bond donors (Lipinski definition) is 5. The van der Waals surface area contributed by atoms with Crippen LogP contribution in [0.1, 0.15) is 44.9 Å². The van der Waals surface area contributed by atoms with E-state index in [2.05, 4.69) is 10.6 Å². The fraction of sp³-hybridized carbons (Fsp3) is 0.765. The van der Waals surface area contributed by atoms with Gasteiger partial charge in [-0.1, -0.05) is 12.2 Å². The lowest BCUT2D eigenvalue weighted by atomic mass is 9.76. The highest BCUT2D eigenvalue weighted by molar-refractivity contribution is 6.45. The van der Waals surface area contributed by atoms with E-state index in [1.54, 1.807) is 12.2 Å². The predicted octanol–water partition coefficient (Wildman–Crippen LogP) is -0.192. The molecule has 0 aromatic carbocycles. The number of carboxylic acids is 1. The van der Waals surface area contributed by atoms with Crippen molar-refractivity contribution in [1.29, 1.82) is 0 Å². The Morgan fingerprint density at radius 2 is 1.96 bits per heavy atom. The fourth-order valence-corrected chi connectivity index (χ4v) is 3.62. The van der Waals surface area contributed by atoms with Crippen molar-refractivity contribution in [1.82, 2.24) is 10.6 Å². The van der Waals surface area contributed by atoms with E-state index in [9.17, 15) is 14.6 Å². The molecule has 0 aromatic rings. The summed E-state index contributed by atoms with van der Waals surface area (Å²) in [6.07, 6.45) is 7.44. The zero-order valence-electron chi connectivity index (χ0n) is 15.1. The molecule has 1 aliphatic heterocycles. The van der Waals surface area contributed by atoms with Crippen LogP contribution in [-0.2, 0) is 14.2 Å². The van der Waals surface area contributed by atoms with E-state index in [-0.39, 0.29) is 12.3 Å². The highest BCUT2D eigenvalue weighted by Crippen LogP contribution is 2.27. The SMILES string of the molecule is NCCNC1CCC(CC(=O)N[C@H]2CC=C[C@H](CC(=O)O)OB2O)CC1. The number of nitrogens with two attached hydrogens (primary N) is 1. The van der Waals surface area contributed by atoms with Gasteiger partial charge in [0.15, 0.2) is 0 Å². The Kier molecular flexibility index (Phi) is 8.57. The van der Waals surface area contributed by atoms with E-state index >= 15 is 0 Å². The monoisotopic (exact) mass is 367 g/mol. The third-order valence-electron chi connectivity index (χ3n) is 5.02. The number of carboxylic acid groups (broad SMARTS) is 1. The third kappa shape index (κ3) is 7.07. The van der Waals surface area contributed by atoms with E-state index < -0.39 is 25.1 Å². The van der Waals surface area contributed by atoms with E-state index in [0.29, 0.717) is 31.3 Å². The van der Waals surface area contributed by atoms with E-state index in [1.807, 2.05) is 0 Å². The van der Waals surface area contributed by atoms with Crippen molar-refractivity contribution in [3.05, 3.63) is 12.2 Å². The molecule has 0 bridgehead atoms. The lowest BCUT2D eigenvalue weighted by Crippen LogP contribution is -2.48. The van der Waals surface area contributed by atoms with Crippen LogP contribution in [0.25, 0.3) is 0 Å². The highest BCUT2D eigenvalue weighted by atomic mass is 16.5. The lowest BCUT2D eigenvalue weighted by Gasteiger charge is -2.29. The first-order chi connectivity index (χ1) is 12.5. The predicted molar refractivity (Wildman–Crippen MR) is 98.2 cm³/mol. The van der Waals surface area contributed by atoms with Crippen LogP contribution in [0.2, 0.25) is 0 Å². The van der Waals surface area contributed by atoms with Gasteiger partial charge in [-0.15, -0.1) is 0 Å². The summed E-state index contributed by atoms with van der Waals surface area (Å²) < 4.78 is 5.33. The average molecular weight is 367 g/mol. The fourth-order valence-electron chi connectivity index (χ4n) is 3.62. The van der Waals surface area contributed by atoms with Crippen molar-refractivity contribution in [3.63, 3.8) is 0 Å². The van der Waals surface area contributed by atoms with Gasteiger partial charge in [-0.2, -0.15) is 0 Å². The largest absolute Gasteiger partial charge is 0.481 e. The summed E-state index contributed by atoms with van der Waals surface area (Å²) in [7, 11) is -1.21. The zero-order valence-corrected chi connectivity index (χ0v) is 15.1. The van der Waals surface area contributed by atoms with Crippen molar-refractivity contribution in [2.75, 3.05) is 13.1 Å². The second-order valence-electron chi connectivity index (χ2n) is 7.17. The van der Waals surface area contributed by atoms with Crippen molar-refractivity contribution in [2.45, 2.75) is 63.0 Å². The number of rotatable bonds is 8. The molecule has 1 saturated carbocycles. The van der Waals surface area contributed by atoms with E-state index in [0.717, 1.165) is 32.2 Å². The summed E-state index contributed by atoms with van der Waals surface area (Å²) in [5.74, 6) is -1.29. The van der Waals surface area contributed by atoms with Crippen LogP contribution in [-0.4, -0.2) is 60.3 Å². The minimum atomic E-state index is -1.21. The van der Waals surface area contributed by atoms with Crippen molar-refractivity contribution < 1.29 is 24.4 Å². The van der Waals surface area contributed by atoms with Crippen molar-refractivity contribution in [3.8, 4) is 0 Å².